The fraction of sp³-hybridized carbons (Fsp3) is 0.0588. The van der Waals surface area contributed by atoms with Gasteiger partial charge in [-0.05, 0) is 66.9 Å². The van der Waals surface area contributed by atoms with Crippen LogP contribution in [0.1, 0.15) is 22.3 Å². The van der Waals surface area contributed by atoms with E-state index < -0.39 is 0 Å². The molecule has 0 unspecified atom stereocenters. The molecule has 0 saturated heterocycles. The van der Waals surface area contributed by atoms with Crippen LogP contribution in [0.2, 0.25) is 0 Å². The van der Waals surface area contributed by atoms with E-state index in [1.807, 2.05) is 12.1 Å². The number of hydrogen-bond acceptors (Lipinski definition) is 1. The Hall–Kier alpha value is -3.78. The van der Waals surface area contributed by atoms with Gasteiger partial charge in [0.15, 0.2) is 0 Å². The van der Waals surface area contributed by atoms with Crippen LogP contribution in [0, 0.1) is 19.9 Å². The van der Waals surface area contributed by atoms with Crippen molar-refractivity contribution in [1.29, 1.82) is 0 Å². The maximum atomic E-state index is 3.07. The van der Waals surface area contributed by atoms with Crippen molar-refractivity contribution in [2.75, 3.05) is 4.90 Å². The fourth-order valence-electron chi connectivity index (χ4n) is 4.13. The van der Waals surface area contributed by atoms with E-state index in [0.717, 1.165) is 17.1 Å². The molecule has 1 radical (unpaired) electrons. The summed E-state index contributed by atoms with van der Waals surface area (Å²) in [6.45, 7) is 4.24. The smallest absolute Gasteiger partial charge is 0.0462 e. The second-order valence-corrected chi connectivity index (χ2v) is 8.84. The number of rotatable bonds is 6. The summed E-state index contributed by atoms with van der Waals surface area (Å²) < 4.78 is 0. The average Bonchev–Trinajstić information content (AvgIpc) is 2.91. The van der Waals surface area contributed by atoms with Crippen molar-refractivity contribution in [3.05, 3.63) is 150 Å². The number of hydrogen-bond donors (Lipinski definition) is 0. The second-order valence-electron chi connectivity index (χ2n) is 8.84. The molecule has 175 valence electrons. The molecule has 0 aromatic heterocycles. The molecule has 0 aliphatic rings. The Morgan fingerprint density at radius 3 is 1.28 bits per heavy atom. The SMILES string of the molecule is Cc1ccc(N(c2ccc(C)cc2)c2ccc(/C=C/c3ccc(-c4cc[c-]cc4)cc3)cc2)cc1.[V]. The molecule has 5 aromatic carbocycles. The predicted octanol–water partition coefficient (Wildman–Crippen LogP) is 9.41. The molecule has 36 heavy (non-hydrogen) atoms. The summed E-state index contributed by atoms with van der Waals surface area (Å²) in [6.07, 6.45) is 4.33. The van der Waals surface area contributed by atoms with Crippen molar-refractivity contribution in [3.8, 4) is 11.1 Å². The van der Waals surface area contributed by atoms with Crippen molar-refractivity contribution in [1.82, 2.24) is 0 Å². The third-order valence-electron chi connectivity index (χ3n) is 6.17. The third-order valence-corrected chi connectivity index (χ3v) is 6.17. The Kier molecular flexibility index (Phi) is 8.28. The second kappa shape index (κ2) is 11.8. The number of aryl methyl sites for hydroxylation is 2. The van der Waals surface area contributed by atoms with Crippen molar-refractivity contribution in [3.63, 3.8) is 0 Å². The minimum Gasteiger partial charge on any atom is -0.311 e. The van der Waals surface area contributed by atoms with E-state index in [1.54, 1.807) is 0 Å². The van der Waals surface area contributed by atoms with Crippen LogP contribution in [0.5, 0.6) is 0 Å². The molecule has 0 spiro atoms. The first kappa shape index (κ1) is 25.3. The van der Waals surface area contributed by atoms with Gasteiger partial charge in [-0.25, -0.2) is 0 Å². The third kappa shape index (κ3) is 6.07. The standard InChI is InChI=1S/C34H28N.V/c1-26-8-20-32(21-9-26)35(33-22-10-27(2)11-23-33)34-24-16-29(17-25-34)13-12-28-14-18-31(19-15-28)30-6-4-3-5-7-30;/h4-25H,1-2H3;/q-1;/b13-12+;. The molecule has 0 N–H and O–H groups in total. The van der Waals surface area contributed by atoms with Gasteiger partial charge in [-0.3, -0.25) is 0 Å². The largest absolute Gasteiger partial charge is 0.311 e. The van der Waals surface area contributed by atoms with Crippen LogP contribution < -0.4 is 4.90 Å². The molecule has 1 nitrogen and oxygen atoms in total. The van der Waals surface area contributed by atoms with Crippen molar-refractivity contribution < 1.29 is 18.6 Å². The van der Waals surface area contributed by atoms with Gasteiger partial charge in [-0.1, -0.05) is 83.9 Å². The van der Waals surface area contributed by atoms with Crippen molar-refractivity contribution >= 4 is 29.2 Å². The monoisotopic (exact) mass is 501 g/mol. The van der Waals surface area contributed by atoms with Crippen LogP contribution in [-0.4, -0.2) is 0 Å². The zero-order valence-corrected chi connectivity index (χ0v) is 22.0. The maximum absolute atomic E-state index is 3.07. The number of anilines is 3. The molecule has 0 aliphatic heterocycles. The van der Waals surface area contributed by atoms with E-state index in [-0.39, 0.29) is 18.6 Å². The summed E-state index contributed by atoms with van der Waals surface area (Å²) in [6, 6.07) is 45.9. The zero-order valence-electron chi connectivity index (χ0n) is 20.6. The first-order chi connectivity index (χ1) is 17.2. The molecule has 0 heterocycles. The summed E-state index contributed by atoms with van der Waals surface area (Å²) >= 11 is 0. The van der Waals surface area contributed by atoms with Crippen molar-refractivity contribution in [2.24, 2.45) is 0 Å². The first-order valence-electron chi connectivity index (χ1n) is 11.9. The van der Waals surface area contributed by atoms with Gasteiger partial charge in [0, 0.05) is 35.6 Å². The Labute approximate surface area is 226 Å². The van der Waals surface area contributed by atoms with Gasteiger partial charge < -0.3 is 4.90 Å². The molecule has 0 saturated carbocycles. The van der Waals surface area contributed by atoms with Gasteiger partial charge in [0.2, 0.25) is 0 Å². The molecule has 0 fully saturated rings. The Balaban J connectivity index is 0.00000304. The van der Waals surface area contributed by atoms with Crippen LogP contribution in [0.25, 0.3) is 23.3 Å². The molecular formula is C34H28NV-. The quantitative estimate of drug-likeness (QED) is 0.165. The van der Waals surface area contributed by atoms with Crippen LogP contribution in [0.4, 0.5) is 17.1 Å². The zero-order chi connectivity index (χ0) is 24.0. The Morgan fingerprint density at radius 1 is 0.472 bits per heavy atom. The summed E-state index contributed by atoms with van der Waals surface area (Å²) in [5.41, 5.74) is 10.7. The Bertz CT molecular complexity index is 1360. The number of benzene rings is 5. The van der Waals surface area contributed by atoms with Crippen LogP contribution in [0.15, 0.2) is 121 Å². The van der Waals surface area contributed by atoms with Gasteiger partial charge in [0.25, 0.3) is 0 Å². The molecule has 5 rings (SSSR count). The van der Waals surface area contributed by atoms with Crippen LogP contribution in [-0.2, 0) is 18.6 Å². The summed E-state index contributed by atoms with van der Waals surface area (Å²) in [5.74, 6) is 0. The average molecular weight is 502 g/mol. The Morgan fingerprint density at radius 2 is 0.833 bits per heavy atom. The minimum atomic E-state index is 0. The van der Waals surface area contributed by atoms with E-state index in [4.69, 9.17) is 0 Å². The normalized spacial score (nSPS) is 10.7. The van der Waals surface area contributed by atoms with E-state index in [9.17, 15) is 0 Å². The van der Waals surface area contributed by atoms with E-state index >= 15 is 0 Å². The van der Waals surface area contributed by atoms with Crippen molar-refractivity contribution in [2.45, 2.75) is 13.8 Å². The minimum absolute atomic E-state index is 0. The summed E-state index contributed by atoms with van der Waals surface area (Å²) in [5, 5.41) is 0. The van der Waals surface area contributed by atoms with Gasteiger partial charge >= 0.3 is 0 Å². The molecule has 0 amide bonds. The maximum Gasteiger partial charge on any atom is 0.0462 e. The van der Waals surface area contributed by atoms with E-state index in [0.29, 0.717) is 0 Å². The van der Waals surface area contributed by atoms with Crippen LogP contribution in [0.3, 0.4) is 0 Å². The molecule has 2 heteroatoms. The molecule has 5 aromatic rings. The molecule has 0 aliphatic carbocycles. The predicted molar refractivity (Wildman–Crippen MR) is 150 cm³/mol. The van der Waals surface area contributed by atoms with Crippen LogP contribution >= 0.6 is 0 Å². The van der Waals surface area contributed by atoms with Gasteiger partial charge in [0.05, 0.1) is 0 Å². The first-order valence-corrected chi connectivity index (χ1v) is 11.9. The molecule has 0 bridgehead atoms. The molecule has 0 atom stereocenters. The number of nitrogens with zero attached hydrogens (tertiary/aromatic N) is 1. The summed E-state index contributed by atoms with van der Waals surface area (Å²) in [4.78, 5) is 2.30. The van der Waals surface area contributed by atoms with Gasteiger partial charge in [-0.15, -0.1) is 5.56 Å². The van der Waals surface area contributed by atoms with E-state index in [2.05, 4.69) is 146 Å². The molecular weight excluding hydrogens is 473 g/mol. The topological polar surface area (TPSA) is 3.24 Å². The van der Waals surface area contributed by atoms with Gasteiger partial charge in [-0.2, -0.15) is 30.3 Å². The van der Waals surface area contributed by atoms with Gasteiger partial charge in [0.1, 0.15) is 0 Å². The summed E-state index contributed by atoms with van der Waals surface area (Å²) in [7, 11) is 0. The van der Waals surface area contributed by atoms with E-state index in [1.165, 1.54) is 33.4 Å². The fourth-order valence-corrected chi connectivity index (χ4v) is 4.13.